The van der Waals surface area contributed by atoms with Gasteiger partial charge in [-0.3, -0.25) is 9.59 Å². The van der Waals surface area contributed by atoms with Gasteiger partial charge in [0.2, 0.25) is 12.3 Å². The maximum Gasteiger partial charge on any atom is 0.226 e. The fourth-order valence-corrected chi connectivity index (χ4v) is 5.58. The zero-order valence-electron chi connectivity index (χ0n) is 18.8. The lowest BCUT2D eigenvalue weighted by Crippen LogP contribution is -2.38. The molecular formula is C23H33ClN4O3S. The van der Waals surface area contributed by atoms with Crippen LogP contribution in [0.2, 0.25) is 5.02 Å². The van der Waals surface area contributed by atoms with Gasteiger partial charge < -0.3 is 26.0 Å². The topological polar surface area (TPSA) is 102 Å². The summed E-state index contributed by atoms with van der Waals surface area (Å²) in [7, 11) is 1.68. The minimum atomic E-state index is -0.0108. The Balaban J connectivity index is 0.000000207. The number of likely N-dealkylation sites (tertiary alicyclic amines) is 2. The summed E-state index contributed by atoms with van der Waals surface area (Å²) in [5.74, 6) is 1.10. The van der Waals surface area contributed by atoms with Gasteiger partial charge in [-0.05, 0) is 42.9 Å². The van der Waals surface area contributed by atoms with Crippen molar-refractivity contribution in [3.8, 4) is 0 Å². The first-order valence-electron chi connectivity index (χ1n) is 10.9. The van der Waals surface area contributed by atoms with Crippen LogP contribution in [0.1, 0.15) is 24.8 Å². The van der Waals surface area contributed by atoms with E-state index in [2.05, 4.69) is 6.07 Å². The molecule has 0 radical (unpaired) electrons. The highest BCUT2D eigenvalue weighted by molar-refractivity contribution is 7.98. The van der Waals surface area contributed by atoms with Crippen LogP contribution >= 0.6 is 23.4 Å². The first-order chi connectivity index (χ1) is 15.3. The van der Waals surface area contributed by atoms with E-state index in [1.54, 1.807) is 18.9 Å². The van der Waals surface area contributed by atoms with E-state index in [4.69, 9.17) is 27.8 Å². The van der Waals surface area contributed by atoms with Gasteiger partial charge in [-0.25, -0.2) is 0 Å². The van der Waals surface area contributed by atoms with E-state index in [1.807, 2.05) is 28.2 Å². The van der Waals surface area contributed by atoms with Gasteiger partial charge >= 0.3 is 0 Å². The molecule has 3 aliphatic rings. The highest BCUT2D eigenvalue weighted by atomic mass is 35.5. The van der Waals surface area contributed by atoms with E-state index in [0.717, 1.165) is 61.7 Å². The average Bonchev–Trinajstić information content (AvgIpc) is 3.34. The molecule has 4 rings (SSSR count). The number of carbonyl (C=O) groups is 2. The summed E-state index contributed by atoms with van der Waals surface area (Å²) >= 11 is 7.58. The van der Waals surface area contributed by atoms with Crippen LogP contribution in [0.25, 0.3) is 0 Å². The Morgan fingerprint density at radius 2 is 1.88 bits per heavy atom. The van der Waals surface area contributed by atoms with Crippen LogP contribution in [0.5, 0.6) is 0 Å². The van der Waals surface area contributed by atoms with Crippen molar-refractivity contribution in [1.82, 2.24) is 9.80 Å². The lowest BCUT2D eigenvalue weighted by atomic mass is 9.89. The van der Waals surface area contributed by atoms with Crippen molar-refractivity contribution in [3.05, 3.63) is 40.2 Å². The predicted molar refractivity (Wildman–Crippen MR) is 128 cm³/mol. The molecule has 0 spiro atoms. The van der Waals surface area contributed by atoms with Gasteiger partial charge in [0.15, 0.2) is 0 Å². The summed E-state index contributed by atoms with van der Waals surface area (Å²) in [6.07, 6.45) is 5.07. The Labute approximate surface area is 199 Å². The molecule has 2 aliphatic heterocycles. The first kappa shape index (κ1) is 24.7. The van der Waals surface area contributed by atoms with Crippen molar-refractivity contribution in [2.24, 2.45) is 29.2 Å². The highest BCUT2D eigenvalue weighted by Gasteiger charge is 2.42. The number of benzene rings is 1. The fraction of sp³-hybridized carbons (Fsp3) is 0.565. The van der Waals surface area contributed by atoms with Crippen molar-refractivity contribution < 1.29 is 14.3 Å². The van der Waals surface area contributed by atoms with Crippen molar-refractivity contribution in [1.29, 1.82) is 0 Å². The van der Waals surface area contributed by atoms with E-state index in [1.165, 1.54) is 4.90 Å². The molecule has 3 atom stereocenters. The van der Waals surface area contributed by atoms with Gasteiger partial charge in [-0.15, -0.1) is 11.8 Å². The van der Waals surface area contributed by atoms with Gasteiger partial charge in [0, 0.05) is 78.8 Å². The summed E-state index contributed by atoms with van der Waals surface area (Å²) in [5.41, 5.74) is 14.2. The molecular weight excluding hydrogens is 448 g/mol. The minimum Gasteiger partial charge on any atom is -0.401 e. The zero-order valence-corrected chi connectivity index (χ0v) is 20.3. The maximum absolute atomic E-state index is 12.6. The number of thioether (sulfide) groups is 1. The molecule has 7 nitrogen and oxygen atoms in total. The third-order valence-electron chi connectivity index (χ3n) is 6.44. The lowest BCUT2D eigenvalue weighted by molar-refractivity contribution is -0.135. The molecule has 0 bridgehead atoms. The smallest absolute Gasteiger partial charge is 0.226 e. The number of nitrogens with two attached hydrogens (primary N) is 2. The second-order valence-corrected chi connectivity index (χ2v) is 10.1. The second-order valence-electron chi connectivity index (χ2n) is 8.75. The minimum absolute atomic E-state index is 0.0108. The SMILES string of the molecule is COCc1cc(Cl)cc(SC)c1.NC1=C(N)C[C@H](C(=O)N2CC3CN(C=O)CC3C2)CC1. The quantitative estimate of drug-likeness (QED) is 0.496. The molecule has 1 aromatic rings. The molecule has 2 amide bonds. The number of halogens is 1. The van der Waals surface area contributed by atoms with Crippen molar-refractivity contribution in [3.63, 3.8) is 0 Å². The molecule has 9 heteroatoms. The third kappa shape index (κ3) is 6.11. The van der Waals surface area contributed by atoms with Crippen LogP contribution in [0.15, 0.2) is 34.5 Å². The van der Waals surface area contributed by atoms with Crippen LogP contribution in [-0.2, 0) is 20.9 Å². The van der Waals surface area contributed by atoms with Crippen LogP contribution in [0, 0.1) is 17.8 Å². The molecule has 1 aromatic carbocycles. The number of allylic oxidation sites excluding steroid dienone is 2. The Hall–Kier alpha value is -1.90. The van der Waals surface area contributed by atoms with Crippen LogP contribution in [-0.4, -0.2) is 61.7 Å². The van der Waals surface area contributed by atoms with E-state index in [0.29, 0.717) is 30.6 Å². The van der Waals surface area contributed by atoms with Crippen LogP contribution in [0.4, 0.5) is 0 Å². The highest BCUT2D eigenvalue weighted by Crippen LogP contribution is 2.33. The van der Waals surface area contributed by atoms with E-state index >= 15 is 0 Å². The van der Waals surface area contributed by atoms with Gasteiger partial charge in [0.25, 0.3) is 0 Å². The molecule has 176 valence electrons. The Morgan fingerprint density at radius 3 is 2.44 bits per heavy atom. The molecule has 2 fully saturated rings. The normalized spacial score (nSPS) is 24.8. The number of rotatable bonds is 5. The van der Waals surface area contributed by atoms with Crippen molar-refractivity contribution in [2.75, 3.05) is 39.5 Å². The van der Waals surface area contributed by atoms with Crippen LogP contribution in [0.3, 0.4) is 0 Å². The average molecular weight is 481 g/mol. The van der Waals surface area contributed by atoms with Crippen LogP contribution < -0.4 is 11.5 Å². The van der Waals surface area contributed by atoms with Gasteiger partial charge in [0.05, 0.1) is 6.61 Å². The molecule has 2 unspecified atom stereocenters. The second kappa shape index (κ2) is 11.3. The fourth-order valence-electron chi connectivity index (χ4n) is 4.74. The molecule has 1 aliphatic carbocycles. The maximum atomic E-state index is 12.6. The number of fused-ring (bicyclic) bond motifs is 1. The monoisotopic (exact) mass is 480 g/mol. The number of amides is 2. The largest absolute Gasteiger partial charge is 0.401 e. The zero-order chi connectivity index (χ0) is 23.3. The Bertz CT molecular complexity index is 852. The number of methoxy groups -OCH3 is 1. The molecule has 0 saturated carbocycles. The molecule has 32 heavy (non-hydrogen) atoms. The lowest BCUT2D eigenvalue weighted by Gasteiger charge is -2.28. The third-order valence-corrected chi connectivity index (χ3v) is 7.37. The number of hydrogen-bond donors (Lipinski definition) is 2. The molecule has 0 aromatic heterocycles. The Kier molecular flexibility index (Phi) is 8.73. The number of hydrogen-bond acceptors (Lipinski definition) is 6. The molecule has 2 heterocycles. The molecule has 4 N–H and O–H groups in total. The van der Waals surface area contributed by atoms with E-state index in [9.17, 15) is 9.59 Å². The predicted octanol–water partition coefficient (Wildman–Crippen LogP) is 2.67. The van der Waals surface area contributed by atoms with Gasteiger partial charge in [0.1, 0.15) is 0 Å². The first-order valence-corrected chi connectivity index (χ1v) is 12.5. The summed E-state index contributed by atoms with van der Waals surface area (Å²) in [5, 5.41) is 0.772. The summed E-state index contributed by atoms with van der Waals surface area (Å²) in [6, 6.07) is 5.95. The van der Waals surface area contributed by atoms with E-state index in [-0.39, 0.29) is 11.8 Å². The van der Waals surface area contributed by atoms with E-state index < -0.39 is 0 Å². The van der Waals surface area contributed by atoms with Crippen molar-refractivity contribution in [2.45, 2.75) is 30.8 Å². The number of nitrogens with zero attached hydrogens (tertiary/aromatic N) is 2. The summed E-state index contributed by atoms with van der Waals surface area (Å²) in [6.45, 7) is 3.76. The Morgan fingerprint density at radius 1 is 1.19 bits per heavy atom. The number of ether oxygens (including phenoxy) is 1. The van der Waals surface area contributed by atoms with Crippen molar-refractivity contribution >= 4 is 35.7 Å². The molecule has 2 saturated heterocycles. The summed E-state index contributed by atoms with van der Waals surface area (Å²) in [4.78, 5) is 28.3. The standard InChI is InChI=1S/C14H22N4O2.C9H11ClOS/c15-12-2-1-9(3-13(12)16)14(20)18-6-10-4-17(8-19)5-11(10)7-18;1-11-6-7-3-8(10)5-9(4-7)12-2/h8-11H,1-7,15-16H2;3-5H,6H2,1-2H3/t9-,10?,11?;/m1./s1. The number of carbonyl (C=O) groups excluding carboxylic acids is 2. The van der Waals surface area contributed by atoms with Gasteiger partial charge in [-0.2, -0.15) is 0 Å². The summed E-state index contributed by atoms with van der Waals surface area (Å²) < 4.78 is 5.01. The van der Waals surface area contributed by atoms with Gasteiger partial charge in [-0.1, -0.05) is 11.6 Å².